The van der Waals surface area contributed by atoms with Crippen molar-refractivity contribution >= 4 is 10.9 Å². The number of fused-ring (bicyclic) bond motifs is 1. The first-order chi connectivity index (χ1) is 15.3. The third kappa shape index (κ3) is 4.15. The first-order valence-corrected chi connectivity index (χ1v) is 10.8. The molecule has 3 aromatic carbocycles. The maximum atomic E-state index is 12.1. The molecule has 2 heterocycles. The van der Waals surface area contributed by atoms with E-state index in [0.29, 0.717) is 6.67 Å². The summed E-state index contributed by atoms with van der Waals surface area (Å²) in [6.07, 6.45) is 1.43. The van der Waals surface area contributed by atoms with Crippen LogP contribution in [-0.4, -0.2) is 45.8 Å². The molecule has 0 unspecified atom stereocenters. The highest BCUT2D eigenvalue weighted by atomic mass is 16.1. The average Bonchev–Trinajstić information content (AvgIpc) is 2.84. The SMILES string of the molecule is O=c1cnn(CN2CCN(C(c3ccccc3)c3ccccc3)CC2)c2ccccc12. The van der Waals surface area contributed by atoms with Crippen LogP contribution < -0.4 is 5.43 Å². The molecule has 31 heavy (non-hydrogen) atoms. The Labute approximate surface area is 182 Å². The van der Waals surface area contributed by atoms with E-state index in [1.165, 1.54) is 17.3 Å². The first-order valence-electron chi connectivity index (χ1n) is 10.8. The zero-order chi connectivity index (χ0) is 21.0. The highest BCUT2D eigenvalue weighted by Gasteiger charge is 2.26. The van der Waals surface area contributed by atoms with Crippen LogP contribution in [0.15, 0.2) is 95.9 Å². The van der Waals surface area contributed by atoms with Crippen LogP contribution in [0.2, 0.25) is 0 Å². The quantitative estimate of drug-likeness (QED) is 0.502. The zero-order valence-corrected chi connectivity index (χ0v) is 17.5. The topological polar surface area (TPSA) is 41.4 Å². The molecule has 0 aliphatic carbocycles. The minimum Gasteiger partial charge on any atom is -0.290 e. The number of rotatable bonds is 5. The van der Waals surface area contributed by atoms with Crippen molar-refractivity contribution in [1.29, 1.82) is 0 Å². The molecule has 1 fully saturated rings. The summed E-state index contributed by atoms with van der Waals surface area (Å²) >= 11 is 0. The standard InChI is InChI=1S/C26H26N4O/c31-25-19-27-30(24-14-8-7-13-23(24)25)20-28-15-17-29(18-16-28)26(21-9-3-1-4-10-21)22-11-5-2-6-12-22/h1-14,19,26H,15-18,20H2. The Morgan fingerprint density at radius 2 is 1.32 bits per heavy atom. The van der Waals surface area contributed by atoms with Crippen LogP contribution >= 0.6 is 0 Å². The van der Waals surface area contributed by atoms with Gasteiger partial charge in [0.15, 0.2) is 0 Å². The van der Waals surface area contributed by atoms with Gasteiger partial charge in [0.25, 0.3) is 0 Å². The molecule has 5 rings (SSSR count). The Hall–Kier alpha value is -3.28. The number of piperazine rings is 1. The second-order valence-electron chi connectivity index (χ2n) is 8.04. The summed E-state index contributed by atoms with van der Waals surface area (Å²) in [4.78, 5) is 17.1. The van der Waals surface area contributed by atoms with E-state index in [1.807, 2.05) is 28.9 Å². The molecule has 0 spiro atoms. The van der Waals surface area contributed by atoms with E-state index in [1.54, 1.807) is 0 Å². The minimum absolute atomic E-state index is 0.0229. The monoisotopic (exact) mass is 410 g/mol. The Bertz CT molecular complexity index is 1160. The van der Waals surface area contributed by atoms with Gasteiger partial charge >= 0.3 is 0 Å². The number of nitrogens with zero attached hydrogens (tertiary/aromatic N) is 4. The van der Waals surface area contributed by atoms with Crippen LogP contribution in [0, 0.1) is 0 Å². The Balaban J connectivity index is 1.34. The van der Waals surface area contributed by atoms with Gasteiger partial charge in [0.1, 0.15) is 0 Å². The van der Waals surface area contributed by atoms with Gasteiger partial charge < -0.3 is 0 Å². The fourth-order valence-corrected chi connectivity index (χ4v) is 4.51. The molecular formula is C26H26N4O. The molecule has 0 N–H and O–H groups in total. The average molecular weight is 411 g/mol. The third-order valence-electron chi connectivity index (χ3n) is 6.10. The summed E-state index contributed by atoms with van der Waals surface area (Å²) in [5, 5.41) is 5.12. The van der Waals surface area contributed by atoms with E-state index in [9.17, 15) is 4.79 Å². The van der Waals surface area contributed by atoms with Gasteiger partial charge in [-0.25, -0.2) is 0 Å². The largest absolute Gasteiger partial charge is 0.290 e. The van der Waals surface area contributed by atoms with Crippen molar-refractivity contribution in [2.24, 2.45) is 0 Å². The van der Waals surface area contributed by atoms with Crippen molar-refractivity contribution in [1.82, 2.24) is 19.6 Å². The molecule has 0 atom stereocenters. The molecule has 0 bridgehead atoms. The van der Waals surface area contributed by atoms with E-state index >= 15 is 0 Å². The van der Waals surface area contributed by atoms with Gasteiger partial charge in [-0.2, -0.15) is 5.10 Å². The first kappa shape index (κ1) is 19.7. The molecule has 0 amide bonds. The number of para-hydroxylation sites is 1. The van der Waals surface area contributed by atoms with Crippen molar-refractivity contribution in [2.75, 3.05) is 26.2 Å². The lowest BCUT2D eigenvalue weighted by molar-refractivity contribution is 0.0859. The number of benzene rings is 3. The summed E-state index contributed by atoms with van der Waals surface area (Å²) in [5.74, 6) is 0. The van der Waals surface area contributed by atoms with Gasteiger partial charge in [-0.15, -0.1) is 0 Å². The lowest BCUT2D eigenvalue weighted by atomic mass is 9.96. The minimum atomic E-state index is -0.0229. The van der Waals surface area contributed by atoms with Crippen molar-refractivity contribution in [2.45, 2.75) is 12.7 Å². The molecule has 156 valence electrons. The fraction of sp³-hybridized carbons (Fsp3) is 0.231. The molecular weight excluding hydrogens is 384 g/mol. The number of hydrogen-bond acceptors (Lipinski definition) is 4. The highest BCUT2D eigenvalue weighted by Crippen LogP contribution is 2.29. The van der Waals surface area contributed by atoms with Gasteiger partial charge in [0, 0.05) is 31.6 Å². The number of hydrogen-bond donors (Lipinski definition) is 0. The Kier molecular flexibility index (Phi) is 5.61. The molecule has 0 radical (unpaired) electrons. The molecule has 0 saturated carbocycles. The summed E-state index contributed by atoms with van der Waals surface area (Å²) in [6, 6.07) is 29.5. The van der Waals surface area contributed by atoms with Crippen LogP contribution in [0.3, 0.4) is 0 Å². The van der Waals surface area contributed by atoms with E-state index in [2.05, 4.69) is 75.6 Å². The lowest BCUT2D eigenvalue weighted by Gasteiger charge is -2.39. The Morgan fingerprint density at radius 3 is 1.97 bits per heavy atom. The van der Waals surface area contributed by atoms with Crippen molar-refractivity contribution in [3.8, 4) is 0 Å². The smallest absolute Gasteiger partial charge is 0.207 e. The molecule has 1 aliphatic rings. The molecule has 5 heteroatoms. The van der Waals surface area contributed by atoms with Gasteiger partial charge in [-0.05, 0) is 23.3 Å². The highest BCUT2D eigenvalue weighted by molar-refractivity contribution is 5.77. The van der Waals surface area contributed by atoms with E-state index in [0.717, 1.165) is 37.1 Å². The van der Waals surface area contributed by atoms with Crippen molar-refractivity contribution in [3.63, 3.8) is 0 Å². The van der Waals surface area contributed by atoms with Crippen molar-refractivity contribution < 1.29 is 0 Å². The van der Waals surface area contributed by atoms with E-state index in [4.69, 9.17) is 0 Å². The molecule has 1 aromatic heterocycles. The van der Waals surface area contributed by atoms with Crippen molar-refractivity contribution in [3.05, 3.63) is 112 Å². The van der Waals surface area contributed by atoms with E-state index in [-0.39, 0.29) is 11.5 Å². The lowest BCUT2D eigenvalue weighted by Crippen LogP contribution is -2.48. The summed E-state index contributed by atoms with van der Waals surface area (Å²) in [5.41, 5.74) is 3.53. The van der Waals surface area contributed by atoms with Gasteiger partial charge in [-0.3, -0.25) is 19.3 Å². The predicted octanol–water partition coefficient (Wildman–Crippen LogP) is 3.76. The summed E-state index contributed by atoms with van der Waals surface area (Å²) in [7, 11) is 0. The van der Waals surface area contributed by atoms with Crippen LogP contribution in [-0.2, 0) is 6.67 Å². The van der Waals surface area contributed by atoms with Crippen LogP contribution in [0.5, 0.6) is 0 Å². The predicted molar refractivity (Wildman–Crippen MR) is 124 cm³/mol. The maximum Gasteiger partial charge on any atom is 0.207 e. The van der Waals surface area contributed by atoms with Gasteiger partial charge in [0.2, 0.25) is 5.43 Å². The normalized spacial score (nSPS) is 15.5. The molecule has 4 aromatic rings. The molecule has 1 saturated heterocycles. The summed E-state index contributed by atoms with van der Waals surface area (Å²) in [6.45, 7) is 4.56. The summed E-state index contributed by atoms with van der Waals surface area (Å²) < 4.78 is 1.94. The second kappa shape index (κ2) is 8.84. The van der Waals surface area contributed by atoms with Crippen LogP contribution in [0.25, 0.3) is 10.9 Å². The van der Waals surface area contributed by atoms with Gasteiger partial charge in [0.05, 0.1) is 24.4 Å². The Morgan fingerprint density at radius 1 is 0.742 bits per heavy atom. The van der Waals surface area contributed by atoms with Gasteiger partial charge in [-0.1, -0.05) is 72.8 Å². The fourth-order valence-electron chi connectivity index (χ4n) is 4.51. The number of aromatic nitrogens is 2. The zero-order valence-electron chi connectivity index (χ0n) is 17.5. The van der Waals surface area contributed by atoms with Crippen LogP contribution in [0.1, 0.15) is 17.2 Å². The maximum absolute atomic E-state index is 12.1. The third-order valence-corrected chi connectivity index (χ3v) is 6.10. The van der Waals surface area contributed by atoms with E-state index < -0.39 is 0 Å². The molecule has 1 aliphatic heterocycles. The second-order valence-corrected chi connectivity index (χ2v) is 8.04. The molecule has 5 nitrogen and oxygen atoms in total. The van der Waals surface area contributed by atoms with Crippen LogP contribution in [0.4, 0.5) is 0 Å².